The van der Waals surface area contributed by atoms with Crippen molar-refractivity contribution in [2.75, 3.05) is 13.7 Å². The van der Waals surface area contributed by atoms with Gasteiger partial charge in [-0.3, -0.25) is 9.59 Å². The van der Waals surface area contributed by atoms with Gasteiger partial charge in [-0.05, 0) is 51.1 Å². The van der Waals surface area contributed by atoms with Crippen LogP contribution in [0.5, 0.6) is 11.5 Å². The molecule has 2 aromatic carbocycles. The maximum atomic E-state index is 12.3. The van der Waals surface area contributed by atoms with Crippen LogP contribution < -0.4 is 14.8 Å². The van der Waals surface area contributed by atoms with E-state index in [9.17, 15) is 9.59 Å². The molecule has 1 heterocycles. The maximum absolute atomic E-state index is 12.3. The fraction of sp³-hybridized carbons (Fsp3) is 0.261. The third-order valence-electron chi connectivity index (χ3n) is 4.83. The highest BCUT2D eigenvalue weighted by Crippen LogP contribution is 2.28. The van der Waals surface area contributed by atoms with Gasteiger partial charge in [0.1, 0.15) is 0 Å². The predicted octanol–water partition coefficient (Wildman–Crippen LogP) is 3.40. The third kappa shape index (κ3) is 4.68. The second-order valence-electron chi connectivity index (χ2n) is 6.88. The number of aryl methyl sites for hydroxylation is 1. The zero-order valence-corrected chi connectivity index (χ0v) is 17.6. The number of rotatable bonds is 8. The molecule has 0 spiro atoms. The van der Waals surface area contributed by atoms with Gasteiger partial charge >= 0.3 is 0 Å². The Labute approximate surface area is 175 Å². The van der Waals surface area contributed by atoms with Gasteiger partial charge in [0, 0.05) is 23.4 Å². The van der Waals surface area contributed by atoms with E-state index in [-0.39, 0.29) is 18.3 Å². The number of methoxy groups -OCH3 is 1. The first-order valence-corrected chi connectivity index (χ1v) is 9.59. The lowest BCUT2D eigenvalue weighted by Gasteiger charge is -2.12. The van der Waals surface area contributed by atoms with Crippen LogP contribution in [-0.2, 0) is 11.3 Å². The van der Waals surface area contributed by atoms with Crippen molar-refractivity contribution in [1.82, 2.24) is 15.1 Å². The molecule has 0 aliphatic carbocycles. The van der Waals surface area contributed by atoms with Gasteiger partial charge in [0.2, 0.25) is 0 Å². The number of nitrogens with zero attached hydrogens (tertiary/aromatic N) is 2. The molecule has 0 aliphatic rings. The number of benzene rings is 2. The topological polar surface area (TPSA) is 82.4 Å². The number of Topliss-reactive ketones (excluding diaryl/α,β-unsaturated/α-hetero) is 1. The lowest BCUT2D eigenvalue weighted by molar-refractivity contribution is -0.123. The molecule has 1 N–H and O–H groups in total. The smallest absolute Gasteiger partial charge is 0.258 e. The van der Waals surface area contributed by atoms with E-state index in [0.29, 0.717) is 23.6 Å². The van der Waals surface area contributed by atoms with Crippen molar-refractivity contribution in [3.05, 3.63) is 71.0 Å². The molecule has 7 heteroatoms. The van der Waals surface area contributed by atoms with Gasteiger partial charge in [-0.15, -0.1) is 0 Å². The number of ketones is 1. The van der Waals surface area contributed by atoms with Crippen molar-refractivity contribution < 1.29 is 19.1 Å². The van der Waals surface area contributed by atoms with Crippen LogP contribution in [0.2, 0.25) is 0 Å². The van der Waals surface area contributed by atoms with Crippen molar-refractivity contribution in [3.8, 4) is 17.2 Å². The molecular formula is C23H25N3O4. The number of carbonyl (C=O) groups excluding carboxylic acids is 2. The largest absolute Gasteiger partial charge is 0.493 e. The van der Waals surface area contributed by atoms with Gasteiger partial charge < -0.3 is 14.8 Å². The standard InChI is InChI=1S/C23H25N3O4/c1-15-20(16(2)26(25-15)19-8-6-5-7-9-19)13-24-23(28)14-30-21-11-10-18(17(3)27)12-22(21)29-4/h5-12H,13-14H2,1-4H3,(H,24,28). The van der Waals surface area contributed by atoms with Crippen LogP contribution in [0, 0.1) is 13.8 Å². The number of ether oxygens (including phenoxy) is 2. The zero-order valence-electron chi connectivity index (χ0n) is 17.6. The summed E-state index contributed by atoms with van der Waals surface area (Å²) in [7, 11) is 1.49. The van der Waals surface area contributed by atoms with E-state index < -0.39 is 0 Å². The van der Waals surface area contributed by atoms with E-state index in [1.807, 2.05) is 48.9 Å². The highest BCUT2D eigenvalue weighted by molar-refractivity contribution is 5.94. The Bertz CT molecular complexity index is 1060. The van der Waals surface area contributed by atoms with Gasteiger partial charge in [0.25, 0.3) is 5.91 Å². The minimum absolute atomic E-state index is 0.0700. The summed E-state index contributed by atoms with van der Waals surface area (Å²) in [5.74, 6) is 0.478. The molecule has 0 fully saturated rings. The van der Waals surface area contributed by atoms with E-state index in [1.54, 1.807) is 18.2 Å². The Hall–Kier alpha value is -3.61. The van der Waals surface area contributed by atoms with Crippen molar-refractivity contribution >= 4 is 11.7 Å². The Kier molecular flexibility index (Phi) is 6.51. The summed E-state index contributed by atoms with van der Waals surface area (Å²) in [5, 5.41) is 7.46. The molecule has 3 aromatic rings. The molecule has 0 unspecified atom stereocenters. The Balaban J connectivity index is 1.62. The van der Waals surface area contributed by atoms with E-state index >= 15 is 0 Å². The average Bonchev–Trinajstić information content (AvgIpc) is 3.04. The van der Waals surface area contributed by atoms with Crippen molar-refractivity contribution in [2.45, 2.75) is 27.3 Å². The summed E-state index contributed by atoms with van der Waals surface area (Å²) in [6.07, 6.45) is 0. The second kappa shape index (κ2) is 9.26. The molecule has 1 amide bonds. The number of para-hydroxylation sites is 1. The lowest BCUT2D eigenvalue weighted by Crippen LogP contribution is -2.28. The van der Waals surface area contributed by atoms with Gasteiger partial charge in [-0.1, -0.05) is 18.2 Å². The van der Waals surface area contributed by atoms with Crippen molar-refractivity contribution in [3.63, 3.8) is 0 Å². The number of carbonyl (C=O) groups is 2. The van der Waals surface area contributed by atoms with E-state index in [0.717, 1.165) is 22.6 Å². The van der Waals surface area contributed by atoms with Gasteiger partial charge in [-0.25, -0.2) is 4.68 Å². The molecule has 156 valence electrons. The van der Waals surface area contributed by atoms with E-state index in [2.05, 4.69) is 10.4 Å². The van der Waals surface area contributed by atoms with Crippen molar-refractivity contribution in [1.29, 1.82) is 0 Å². The molecule has 0 radical (unpaired) electrons. The fourth-order valence-electron chi connectivity index (χ4n) is 3.14. The summed E-state index contributed by atoms with van der Waals surface area (Å²) >= 11 is 0. The monoisotopic (exact) mass is 407 g/mol. The van der Waals surface area contributed by atoms with Gasteiger partial charge in [-0.2, -0.15) is 5.10 Å². The van der Waals surface area contributed by atoms with Crippen LogP contribution in [0.3, 0.4) is 0 Å². The first kappa shape index (κ1) is 21.1. The minimum Gasteiger partial charge on any atom is -0.493 e. The molecule has 0 aliphatic heterocycles. The third-order valence-corrected chi connectivity index (χ3v) is 4.83. The molecule has 0 saturated carbocycles. The second-order valence-corrected chi connectivity index (χ2v) is 6.88. The summed E-state index contributed by atoms with van der Waals surface area (Å²) in [6, 6.07) is 14.7. The highest BCUT2D eigenvalue weighted by Gasteiger charge is 2.15. The number of hydrogen-bond acceptors (Lipinski definition) is 5. The lowest BCUT2D eigenvalue weighted by atomic mass is 10.1. The molecule has 30 heavy (non-hydrogen) atoms. The number of aromatic nitrogens is 2. The first-order valence-electron chi connectivity index (χ1n) is 9.59. The van der Waals surface area contributed by atoms with Crippen molar-refractivity contribution in [2.24, 2.45) is 0 Å². The summed E-state index contributed by atoms with van der Waals surface area (Å²) in [5.41, 5.74) is 4.29. The summed E-state index contributed by atoms with van der Waals surface area (Å²) in [4.78, 5) is 23.8. The quantitative estimate of drug-likeness (QED) is 0.579. The predicted molar refractivity (Wildman–Crippen MR) is 113 cm³/mol. The fourth-order valence-corrected chi connectivity index (χ4v) is 3.14. The van der Waals surface area contributed by atoms with Crippen LogP contribution >= 0.6 is 0 Å². The molecule has 3 rings (SSSR count). The van der Waals surface area contributed by atoms with E-state index in [1.165, 1.54) is 14.0 Å². The Morgan fingerprint density at radius 2 is 1.80 bits per heavy atom. The number of hydrogen-bond donors (Lipinski definition) is 1. The Morgan fingerprint density at radius 1 is 1.07 bits per heavy atom. The van der Waals surface area contributed by atoms with Crippen LogP contribution in [-0.4, -0.2) is 35.2 Å². The van der Waals surface area contributed by atoms with Gasteiger partial charge in [0.05, 0.1) is 18.5 Å². The molecule has 0 saturated heterocycles. The number of nitrogens with one attached hydrogen (secondary N) is 1. The maximum Gasteiger partial charge on any atom is 0.258 e. The van der Waals surface area contributed by atoms with Crippen LogP contribution in [0.25, 0.3) is 5.69 Å². The normalized spacial score (nSPS) is 10.5. The summed E-state index contributed by atoms with van der Waals surface area (Å²) < 4.78 is 12.7. The zero-order chi connectivity index (χ0) is 21.7. The minimum atomic E-state index is -0.265. The van der Waals surface area contributed by atoms with Crippen LogP contribution in [0.4, 0.5) is 0 Å². The van der Waals surface area contributed by atoms with E-state index in [4.69, 9.17) is 9.47 Å². The highest BCUT2D eigenvalue weighted by atomic mass is 16.5. The summed E-state index contributed by atoms with van der Waals surface area (Å²) in [6.45, 7) is 5.57. The Morgan fingerprint density at radius 3 is 2.47 bits per heavy atom. The molecule has 0 atom stereocenters. The molecule has 7 nitrogen and oxygen atoms in total. The van der Waals surface area contributed by atoms with Crippen LogP contribution in [0.1, 0.15) is 34.2 Å². The number of amides is 1. The molecule has 0 bridgehead atoms. The molecular weight excluding hydrogens is 382 g/mol. The first-order chi connectivity index (χ1) is 14.4. The SMILES string of the molecule is COc1cc(C(C)=O)ccc1OCC(=O)NCc1c(C)nn(-c2ccccc2)c1C. The van der Waals surface area contributed by atoms with Gasteiger partial charge in [0.15, 0.2) is 23.9 Å². The van der Waals surface area contributed by atoms with Crippen LogP contribution in [0.15, 0.2) is 48.5 Å². The average molecular weight is 407 g/mol. The molecule has 1 aromatic heterocycles.